The SMILES string of the molecule is CCNC(CO)(CN1Cc2ccccc2C1)C1CC1. The number of benzene rings is 1. The van der Waals surface area contributed by atoms with Crippen LogP contribution in [0.15, 0.2) is 24.3 Å². The Hall–Kier alpha value is -0.900. The predicted molar refractivity (Wildman–Crippen MR) is 76.8 cm³/mol. The summed E-state index contributed by atoms with van der Waals surface area (Å²) in [5, 5.41) is 13.5. The van der Waals surface area contributed by atoms with Crippen molar-refractivity contribution in [1.82, 2.24) is 10.2 Å². The molecule has 1 aliphatic carbocycles. The second-order valence-corrected chi connectivity index (χ2v) is 6.03. The van der Waals surface area contributed by atoms with E-state index in [0.29, 0.717) is 5.92 Å². The van der Waals surface area contributed by atoms with Crippen LogP contribution in [-0.4, -0.2) is 35.2 Å². The van der Waals surface area contributed by atoms with Gasteiger partial charge in [-0.3, -0.25) is 4.90 Å². The molecule has 104 valence electrons. The van der Waals surface area contributed by atoms with Crippen LogP contribution >= 0.6 is 0 Å². The van der Waals surface area contributed by atoms with E-state index in [1.54, 1.807) is 0 Å². The maximum absolute atomic E-state index is 9.91. The summed E-state index contributed by atoms with van der Waals surface area (Å²) >= 11 is 0. The molecule has 1 aliphatic heterocycles. The highest BCUT2D eigenvalue weighted by Gasteiger charge is 2.45. The first kappa shape index (κ1) is 13.1. The van der Waals surface area contributed by atoms with E-state index in [9.17, 15) is 5.11 Å². The van der Waals surface area contributed by atoms with Crippen LogP contribution in [0.1, 0.15) is 30.9 Å². The van der Waals surface area contributed by atoms with E-state index in [-0.39, 0.29) is 12.1 Å². The number of rotatable bonds is 6. The molecule has 2 N–H and O–H groups in total. The Morgan fingerprint density at radius 2 is 1.89 bits per heavy atom. The lowest BCUT2D eigenvalue weighted by molar-refractivity contribution is 0.0907. The number of likely N-dealkylation sites (N-methyl/N-ethyl adjacent to an activating group) is 1. The van der Waals surface area contributed by atoms with E-state index >= 15 is 0 Å². The molecule has 1 unspecified atom stereocenters. The Kier molecular flexibility index (Phi) is 3.61. The van der Waals surface area contributed by atoms with Crippen LogP contribution in [0.4, 0.5) is 0 Å². The molecule has 0 amide bonds. The van der Waals surface area contributed by atoms with Gasteiger partial charge in [0.05, 0.1) is 12.1 Å². The number of fused-ring (bicyclic) bond motifs is 1. The summed E-state index contributed by atoms with van der Waals surface area (Å²) in [5.74, 6) is 0.654. The van der Waals surface area contributed by atoms with Gasteiger partial charge in [0.1, 0.15) is 0 Å². The number of aliphatic hydroxyl groups is 1. The predicted octanol–water partition coefficient (Wildman–Crippen LogP) is 1.75. The van der Waals surface area contributed by atoms with Gasteiger partial charge in [-0.05, 0) is 36.4 Å². The third kappa shape index (κ3) is 2.55. The van der Waals surface area contributed by atoms with E-state index in [4.69, 9.17) is 0 Å². The van der Waals surface area contributed by atoms with Gasteiger partial charge in [0.25, 0.3) is 0 Å². The van der Waals surface area contributed by atoms with Gasteiger partial charge in [0.15, 0.2) is 0 Å². The summed E-state index contributed by atoms with van der Waals surface area (Å²) < 4.78 is 0. The zero-order chi connectivity index (χ0) is 13.3. The largest absolute Gasteiger partial charge is 0.394 e. The van der Waals surface area contributed by atoms with Crippen LogP contribution in [0.25, 0.3) is 0 Å². The maximum Gasteiger partial charge on any atom is 0.0628 e. The fraction of sp³-hybridized carbons (Fsp3) is 0.625. The third-order valence-electron chi connectivity index (χ3n) is 4.58. The second-order valence-electron chi connectivity index (χ2n) is 6.03. The normalized spacial score (nSPS) is 22.2. The molecule has 3 heteroatoms. The average Bonchev–Trinajstić information content (AvgIpc) is 3.19. The number of hydrogen-bond donors (Lipinski definition) is 2. The average molecular weight is 260 g/mol. The van der Waals surface area contributed by atoms with Crippen molar-refractivity contribution in [1.29, 1.82) is 0 Å². The van der Waals surface area contributed by atoms with Gasteiger partial charge in [-0.2, -0.15) is 0 Å². The number of nitrogens with one attached hydrogen (secondary N) is 1. The highest BCUT2D eigenvalue weighted by Crippen LogP contribution is 2.41. The molecule has 0 radical (unpaired) electrons. The Bertz CT molecular complexity index is 419. The first-order valence-electron chi connectivity index (χ1n) is 7.42. The molecule has 1 atom stereocenters. The van der Waals surface area contributed by atoms with Gasteiger partial charge < -0.3 is 10.4 Å². The summed E-state index contributed by atoms with van der Waals surface area (Å²) in [6.07, 6.45) is 2.52. The van der Waals surface area contributed by atoms with E-state index in [2.05, 4.69) is 41.4 Å². The highest BCUT2D eigenvalue weighted by atomic mass is 16.3. The van der Waals surface area contributed by atoms with Gasteiger partial charge in [-0.15, -0.1) is 0 Å². The van der Waals surface area contributed by atoms with Crippen LogP contribution in [0.3, 0.4) is 0 Å². The second kappa shape index (κ2) is 5.23. The molecule has 0 bridgehead atoms. The number of hydrogen-bond acceptors (Lipinski definition) is 3. The Morgan fingerprint density at radius 1 is 1.26 bits per heavy atom. The van der Waals surface area contributed by atoms with Gasteiger partial charge in [0, 0.05) is 19.6 Å². The molecule has 3 rings (SSSR count). The number of nitrogens with zero attached hydrogens (tertiary/aromatic N) is 1. The van der Waals surface area contributed by atoms with Crippen molar-refractivity contribution in [3.8, 4) is 0 Å². The monoisotopic (exact) mass is 260 g/mol. The lowest BCUT2D eigenvalue weighted by atomic mass is 9.93. The molecular formula is C16H24N2O. The quantitative estimate of drug-likeness (QED) is 0.818. The lowest BCUT2D eigenvalue weighted by Gasteiger charge is -2.36. The smallest absolute Gasteiger partial charge is 0.0628 e. The molecule has 1 aromatic carbocycles. The summed E-state index contributed by atoms with van der Waals surface area (Å²) in [5.41, 5.74) is 2.81. The molecular weight excluding hydrogens is 236 g/mol. The Morgan fingerprint density at radius 3 is 2.37 bits per heavy atom. The zero-order valence-electron chi connectivity index (χ0n) is 11.7. The van der Waals surface area contributed by atoms with Crippen LogP contribution in [0.2, 0.25) is 0 Å². The molecule has 0 saturated heterocycles. The van der Waals surface area contributed by atoms with Crippen molar-refractivity contribution in [2.75, 3.05) is 19.7 Å². The van der Waals surface area contributed by atoms with Gasteiger partial charge in [0.2, 0.25) is 0 Å². The lowest BCUT2D eigenvalue weighted by Crippen LogP contribution is -2.57. The third-order valence-corrected chi connectivity index (χ3v) is 4.58. The Labute approximate surface area is 115 Å². The summed E-state index contributed by atoms with van der Waals surface area (Å²) in [6.45, 7) is 6.31. The number of aliphatic hydroxyl groups excluding tert-OH is 1. The minimum atomic E-state index is -0.0865. The molecule has 1 heterocycles. The molecule has 1 fully saturated rings. The first-order valence-corrected chi connectivity index (χ1v) is 7.42. The van der Waals surface area contributed by atoms with Crippen molar-refractivity contribution in [3.63, 3.8) is 0 Å². The van der Waals surface area contributed by atoms with Crippen molar-refractivity contribution < 1.29 is 5.11 Å². The summed E-state index contributed by atoms with van der Waals surface area (Å²) in [6, 6.07) is 8.68. The molecule has 3 nitrogen and oxygen atoms in total. The van der Waals surface area contributed by atoms with E-state index < -0.39 is 0 Å². The van der Waals surface area contributed by atoms with Crippen LogP contribution in [0, 0.1) is 5.92 Å². The minimum absolute atomic E-state index is 0.0865. The van der Waals surface area contributed by atoms with Crippen molar-refractivity contribution >= 4 is 0 Å². The van der Waals surface area contributed by atoms with Gasteiger partial charge >= 0.3 is 0 Å². The minimum Gasteiger partial charge on any atom is -0.394 e. The molecule has 0 spiro atoms. The van der Waals surface area contributed by atoms with E-state index in [1.165, 1.54) is 24.0 Å². The first-order chi connectivity index (χ1) is 9.27. The highest BCUT2D eigenvalue weighted by molar-refractivity contribution is 5.30. The standard InChI is InChI=1S/C16H24N2O/c1-2-17-16(12-19,15-7-8-15)11-18-9-13-5-3-4-6-14(13)10-18/h3-6,15,17,19H,2,7-12H2,1H3. The Balaban J connectivity index is 1.70. The van der Waals surface area contributed by atoms with Crippen LogP contribution < -0.4 is 5.32 Å². The van der Waals surface area contributed by atoms with Gasteiger partial charge in [-0.1, -0.05) is 31.2 Å². The van der Waals surface area contributed by atoms with Crippen molar-refractivity contribution in [2.24, 2.45) is 5.92 Å². The molecule has 2 aliphatic rings. The van der Waals surface area contributed by atoms with Crippen molar-refractivity contribution in [3.05, 3.63) is 35.4 Å². The molecule has 1 saturated carbocycles. The maximum atomic E-state index is 9.91. The summed E-state index contributed by atoms with van der Waals surface area (Å²) in [4.78, 5) is 2.47. The molecule has 0 aromatic heterocycles. The molecule has 19 heavy (non-hydrogen) atoms. The van der Waals surface area contributed by atoms with Crippen molar-refractivity contribution in [2.45, 2.75) is 38.4 Å². The zero-order valence-corrected chi connectivity index (χ0v) is 11.7. The topological polar surface area (TPSA) is 35.5 Å². The molecule has 1 aromatic rings. The van der Waals surface area contributed by atoms with E-state index in [0.717, 1.165) is 26.2 Å². The van der Waals surface area contributed by atoms with E-state index in [1.807, 2.05) is 0 Å². The van der Waals surface area contributed by atoms with Crippen LogP contribution in [-0.2, 0) is 13.1 Å². The fourth-order valence-electron chi connectivity index (χ4n) is 3.47. The van der Waals surface area contributed by atoms with Gasteiger partial charge in [-0.25, -0.2) is 0 Å². The fourth-order valence-corrected chi connectivity index (χ4v) is 3.47. The van der Waals surface area contributed by atoms with Crippen LogP contribution in [0.5, 0.6) is 0 Å². The summed E-state index contributed by atoms with van der Waals surface area (Å²) in [7, 11) is 0.